The molecule has 1 saturated heterocycles. The van der Waals surface area contributed by atoms with Crippen LogP contribution in [0, 0.1) is 0 Å². The van der Waals surface area contributed by atoms with Crippen LogP contribution < -0.4 is 5.56 Å². The van der Waals surface area contributed by atoms with Gasteiger partial charge in [-0.1, -0.05) is 18.2 Å². The maximum atomic E-state index is 12.8. The van der Waals surface area contributed by atoms with Gasteiger partial charge in [0.25, 0.3) is 11.5 Å². The minimum Gasteiger partial charge on any atom is -0.384 e. The van der Waals surface area contributed by atoms with Gasteiger partial charge in [0.05, 0.1) is 17.9 Å². The molecule has 3 rings (SSSR count). The van der Waals surface area contributed by atoms with Crippen LogP contribution in [0.25, 0.3) is 5.69 Å². The lowest BCUT2D eigenvalue weighted by Gasteiger charge is -2.34. The Morgan fingerprint density at radius 1 is 1.04 bits per heavy atom. The zero-order valence-corrected chi connectivity index (χ0v) is 16.5. The third kappa shape index (κ3) is 4.49. The van der Waals surface area contributed by atoms with Crippen molar-refractivity contribution in [2.45, 2.75) is 0 Å². The lowest BCUT2D eigenvalue weighted by molar-refractivity contribution is 0.0696. The summed E-state index contributed by atoms with van der Waals surface area (Å²) in [4.78, 5) is 26.6. The average Bonchev–Trinajstić information content (AvgIpc) is 2.73. The van der Waals surface area contributed by atoms with Gasteiger partial charge in [-0.3, -0.25) is 14.2 Å². The van der Waals surface area contributed by atoms with Crippen LogP contribution in [0.5, 0.6) is 0 Å². The second-order valence-corrected chi connectivity index (χ2v) is 8.55. The molecule has 28 heavy (non-hydrogen) atoms. The van der Waals surface area contributed by atoms with E-state index < -0.39 is 10.0 Å². The van der Waals surface area contributed by atoms with Crippen LogP contribution in [0.3, 0.4) is 0 Å². The van der Waals surface area contributed by atoms with Crippen LogP contribution >= 0.6 is 0 Å². The van der Waals surface area contributed by atoms with E-state index in [1.54, 1.807) is 17.0 Å². The SMILES string of the molecule is COCCS(=O)(=O)N1CCN(C(=O)c2ccc(=O)n(-c3ccccc3)c2)CC1. The lowest BCUT2D eigenvalue weighted by atomic mass is 10.2. The number of nitrogens with zero attached hydrogens (tertiary/aromatic N) is 3. The highest BCUT2D eigenvalue weighted by Gasteiger charge is 2.29. The van der Waals surface area contributed by atoms with Crippen LogP contribution in [0.2, 0.25) is 0 Å². The molecule has 1 aromatic carbocycles. The first kappa shape index (κ1) is 20.2. The summed E-state index contributed by atoms with van der Waals surface area (Å²) in [7, 11) is -1.92. The first-order chi connectivity index (χ1) is 13.4. The van der Waals surface area contributed by atoms with Crippen LogP contribution in [0.15, 0.2) is 53.5 Å². The molecule has 0 spiro atoms. The summed E-state index contributed by atoms with van der Waals surface area (Å²) >= 11 is 0. The summed E-state index contributed by atoms with van der Waals surface area (Å²) in [5.41, 5.74) is 0.840. The van der Waals surface area contributed by atoms with Crippen molar-refractivity contribution in [3.8, 4) is 5.69 Å². The molecule has 0 atom stereocenters. The smallest absolute Gasteiger partial charge is 0.255 e. The number of ether oxygens (including phenoxy) is 1. The standard InChI is InChI=1S/C19H23N3O5S/c1-27-13-14-28(25,26)21-11-9-20(10-12-21)19(24)16-7-8-18(23)22(15-16)17-5-3-2-4-6-17/h2-8,15H,9-14H2,1H3. The fourth-order valence-electron chi connectivity index (χ4n) is 3.07. The van der Waals surface area contributed by atoms with E-state index in [9.17, 15) is 18.0 Å². The molecule has 0 aliphatic carbocycles. The number of para-hydroxylation sites is 1. The highest BCUT2D eigenvalue weighted by molar-refractivity contribution is 7.89. The molecule has 2 heterocycles. The van der Waals surface area contributed by atoms with E-state index in [2.05, 4.69) is 0 Å². The van der Waals surface area contributed by atoms with Crippen LogP contribution in [0.1, 0.15) is 10.4 Å². The van der Waals surface area contributed by atoms with Crippen molar-refractivity contribution in [3.05, 3.63) is 64.6 Å². The van der Waals surface area contributed by atoms with E-state index >= 15 is 0 Å². The topological polar surface area (TPSA) is 88.9 Å². The van der Waals surface area contributed by atoms with Gasteiger partial charge in [-0.15, -0.1) is 0 Å². The third-order valence-electron chi connectivity index (χ3n) is 4.66. The first-order valence-corrected chi connectivity index (χ1v) is 10.6. The van der Waals surface area contributed by atoms with E-state index in [0.29, 0.717) is 24.3 Å². The highest BCUT2D eigenvalue weighted by atomic mass is 32.2. The third-order valence-corrected chi connectivity index (χ3v) is 6.49. The summed E-state index contributed by atoms with van der Waals surface area (Å²) in [6.07, 6.45) is 1.53. The maximum Gasteiger partial charge on any atom is 0.255 e. The van der Waals surface area contributed by atoms with E-state index in [4.69, 9.17) is 4.74 Å². The number of benzene rings is 1. The van der Waals surface area contributed by atoms with Gasteiger partial charge in [0.1, 0.15) is 0 Å². The van der Waals surface area contributed by atoms with Crippen molar-refractivity contribution in [1.82, 2.24) is 13.8 Å². The quantitative estimate of drug-likeness (QED) is 0.701. The number of carbonyl (C=O) groups excluding carboxylic acids is 1. The van der Waals surface area contributed by atoms with Crippen molar-refractivity contribution in [1.29, 1.82) is 0 Å². The normalized spacial score (nSPS) is 15.5. The molecule has 1 aliphatic rings. The second kappa shape index (κ2) is 8.68. The summed E-state index contributed by atoms with van der Waals surface area (Å²) < 4.78 is 32.1. The Balaban J connectivity index is 1.72. The Labute approximate surface area is 164 Å². The van der Waals surface area contributed by atoms with Crippen molar-refractivity contribution < 1.29 is 17.9 Å². The molecule has 2 aromatic rings. The number of carbonyl (C=O) groups is 1. The molecule has 9 heteroatoms. The lowest BCUT2D eigenvalue weighted by Crippen LogP contribution is -2.51. The Bertz CT molecular complexity index is 980. The summed E-state index contributed by atoms with van der Waals surface area (Å²) in [6, 6.07) is 11.9. The van der Waals surface area contributed by atoms with Crippen LogP contribution in [-0.4, -0.2) is 73.7 Å². The van der Waals surface area contributed by atoms with E-state index in [1.807, 2.05) is 18.2 Å². The van der Waals surface area contributed by atoms with Gasteiger partial charge in [-0.05, 0) is 18.2 Å². The predicted octanol–water partition coefficient (Wildman–Crippen LogP) is 0.572. The average molecular weight is 405 g/mol. The zero-order valence-electron chi connectivity index (χ0n) is 15.7. The van der Waals surface area contributed by atoms with Crippen molar-refractivity contribution in [2.24, 2.45) is 0 Å². The molecular weight excluding hydrogens is 382 g/mol. The van der Waals surface area contributed by atoms with Gasteiger partial charge < -0.3 is 9.64 Å². The number of rotatable bonds is 6. The highest BCUT2D eigenvalue weighted by Crippen LogP contribution is 2.13. The molecule has 0 bridgehead atoms. The van der Waals surface area contributed by atoms with Gasteiger partial charge in [-0.25, -0.2) is 8.42 Å². The maximum absolute atomic E-state index is 12.8. The molecule has 0 saturated carbocycles. The molecule has 1 amide bonds. The molecule has 1 fully saturated rings. The first-order valence-electron chi connectivity index (χ1n) is 8.96. The molecule has 0 N–H and O–H groups in total. The van der Waals surface area contributed by atoms with Gasteiger partial charge in [0, 0.05) is 51.2 Å². The van der Waals surface area contributed by atoms with Gasteiger partial charge in [-0.2, -0.15) is 4.31 Å². The predicted molar refractivity (Wildman–Crippen MR) is 105 cm³/mol. The number of piperazine rings is 1. The number of aromatic nitrogens is 1. The van der Waals surface area contributed by atoms with Crippen molar-refractivity contribution >= 4 is 15.9 Å². The van der Waals surface area contributed by atoms with Crippen LogP contribution in [-0.2, 0) is 14.8 Å². The molecule has 8 nitrogen and oxygen atoms in total. The number of amides is 1. The van der Waals surface area contributed by atoms with E-state index in [0.717, 1.165) is 0 Å². The molecule has 0 radical (unpaired) electrons. The molecule has 1 aliphatic heterocycles. The molecule has 150 valence electrons. The van der Waals surface area contributed by atoms with Gasteiger partial charge in [0.2, 0.25) is 10.0 Å². The van der Waals surface area contributed by atoms with E-state index in [1.165, 1.54) is 34.3 Å². The summed E-state index contributed by atoms with van der Waals surface area (Å²) in [5.74, 6) is -0.293. The molecule has 0 unspecified atom stereocenters. The number of sulfonamides is 1. The van der Waals surface area contributed by atoms with Crippen molar-refractivity contribution in [3.63, 3.8) is 0 Å². The molecular formula is C19H23N3O5S. The summed E-state index contributed by atoms with van der Waals surface area (Å²) in [5, 5.41) is 0. The largest absolute Gasteiger partial charge is 0.384 e. The number of hydrogen-bond acceptors (Lipinski definition) is 5. The fourth-order valence-corrected chi connectivity index (χ4v) is 4.43. The molecule has 1 aromatic heterocycles. The minimum atomic E-state index is -3.38. The minimum absolute atomic E-state index is 0.0700. The van der Waals surface area contributed by atoms with Crippen LogP contribution in [0.4, 0.5) is 0 Å². The van der Waals surface area contributed by atoms with Crippen molar-refractivity contribution in [2.75, 3.05) is 45.6 Å². The monoisotopic (exact) mass is 405 g/mol. The van der Waals surface area contributed by atoms with Gasteiger partial charge >= 0.3 is 0 Å². The number of methoxy groups -OCH3 is 1. The second-order valence-electron chi connectivity index (χ2n) is 6.46. The fraction of sp³-hybridized carbons (Fsp3) is 0.368. The zero-order chi connectivity index (χ0) is 20.1. The summed E-state index contributed by atoms with van der Waals surface area (Å²) in [6.45, 7) is 1.24. The number of hydrogen-bond donors (Lipinski definition) is 0. The van der Waals surface area contributed by atoms with Gasteiger partial charge in [0.15, 0.2) is 0 Å². The van der Waals surface area contributed by atoms with E-state index in [-0.39, 0.29) is 36.9 Å². The number of pyridine rings is 1. The Morgan fingerprint density at radius 2 is 1.71 bits per heavy atom. The Hall–Kier alpha value is -2.49. The Morgan fingerprint density at radius 3 is 2.36 bits per heavy atom. The Kier molecular flexibility index (Phi) is 6.28.